The van der Waals surface area contributed by atoms with Crippen molar-refractivity contribution >= 4 is 5.97 Å². The van der Waals surface area contributed by atoms with Crippen LogP contribution >= 0.6 is 0 Å². The van der Waals surface area contributed by atoms with Crippen LogP contribution in [-0.4, -0.2) is 28.6 Å². The van der Waals surface area contributed by atoms with Crippen molar-refractivity contribution in [1.82, 2.24) is 9.97 Å². The van der Waals surface area contributed by atoms with E-state index in [1.807, 2.05) is 31.2 Å². The maximum atomic E-state index is 11.4. The molecule has 1 unspecified atom stereocenters. The first-order chi connectivity index (χ1) is 13.6. The lowest BCUT2D eigenvalue weighted by Crippen LogP contribution is -2.16. The second-order valence-corrected chi connectivity index (χ2v) is 7.06. The smallest absolute Gasteiger partial charge is 0.305 e. The van der Waals surface area contributed by atoms with Gasteiger partial charge in [-0.2, -0.15) is 0 Å². The van der Waals surface area contributed by atoms with Gasteiger partial charge >= 0.3 is 5.97 Å². The summed E-state index contributed by atoms with van der Waals surface area (Å²) in [4.78, 5) is 20.2. The van der Waals surface area contributed by atoms with Crippen molar-refractivity contribution in [1.29, 1.82) is 0 Å². The number of benzene rings is 1. The summed E-state index contributed by atoms with van der Waals surface area (Å²) in [5.74, 6) is 1.22. The fourth-order valence-corrected chi connectivity index (χ4v) is 2.91. The van der Waals surface area contributed by atoms with Crippen molar-refractivity contribution < 1.29 is 14.3 Å². The Kier molecular flexibility index (Phi) is 9.46. The number of carbonyl (C=O) groups is 1. The molecule has 152 valence electrons. The molecule has 1 heterocycles. The van der Waals surface area contributed by atoms with Crippen molar-refractivity contribution in [2.24, 2.45) is 0 Å². The van der Waals surface area contributed by atoms with Crippen LogP contribution in [0.2, 0.25) is 0 Å². The van der Waals surface area contributed by atoms with Crippen molar-refractivity contribution in [3.8, 4) is 17.1 Å². The molecule has 0 saturated carbocycles. The summed E-state index contributed by atoms with van der Waals surface area (Å²) in [7, 11) is 0. The zero-order valence-electron chi connectivity index (χ0n) is 17.3. The number of hydrogen-bond donors (Lipinski definition) is 0. The van der Waals surface area contributed by atoms with E-state index in [-0.39, 0.29) is 12.1 Å². The van der Waals surface area contributed by atoms with Gasteiger partial charge in [0, 0.05) is 18.4 Å². The average molecular weight is 385 g/mol. The Morgan fingerprint density at radius 3 is 2.32 bits per heavy atom. The van der Waals surface area contributed by atoms with Gasteiger partial charge < -0.3 is 9.47 Å². The largest absolute Gasteiger partial charge is 0.490 e. The van der Waals surface area contributed by atoms with Gasteiger partial charge in [0.25, 0.3) is 0 Å². The number of hydrogen-bond acceptors (Lipinski definition) is 5. The van der Waals surface area contributed by atoms with Crippen LogP contribution in [0.3, 0.4) is 0 Å². The Morgan fingerprint density at radius 2 is 1.68 bits per heavy atom. The van der Waals surface area contributed by atoms with E-state index >= 15 is 0 Å². The van der Waals surface area contributed by atoms with Gasteiger partial charge in [-0.3, -0.25) is 4.79 Å². The third-order valence-electron chi connectivity index (χ3n) is 4.50. The van der Waals surface area contributed by atoms with Crippen LogP contribution in [0, 0.1) is 0 Å². The van der Waals surface area contributed by atoms with Crippen molar-refractivity contribution in [3.63, 3.8) is 0 Å². The van der Waals surface area contributed by atoms with E-state index in [0.717, 1.165) is 17.5 Å². The lowest BCUT2D eigenvalue weighted by Gasteiger charge is -2.13. The first-order valence-electron chi connectivity index (χ1n) is 10.4. The maximum absolute atomic E-state index is 11.4. The van der Waals surface area contributed by atoms with Gasteiger partial charge in [-0.25, -0.2) is 9.97 Å². The van der Waals surface area contributed by atoms with Gasteiger partial charge in [0.05, 0.1) is 19.0 Å². The molecule has 5 heteroatoms. The summed E-state index contributed by atoms with van der Waals surface area (Å²) in [6, 6.07) is 8.03. The predicted molar refractivity (Wildman–Crippen MR) is 111 cm³/mol. The third-order valence-corrected chi connectivity index (χ3v) is 4.50. The van der Waals surface area contributed by atoms with E-state index in [9.17, 15) is 4.79 Å². The number of carbonyl (C=O) groups excluding carboxylic acids is 1. The Morgan fingerprint density at radius 1 is 1.00 bits per heavy atom. The molecule has 0 bridgehead atoms. The molecular formula is C23H32N2O3. The number of unbranched alkanes of at least 4 members (excludes halogenated alkanes) is 4. The van der Waals surface area contributed by atoms with Gasteiger partial charge in [0.2, 0.25) is 0 Å². The molecule has 0 fully saturated rings. The summed E-state index contributed by atoms with van der Waals surface area (Å²) in [6.45, 7) is 6.64. The predicted octanol–water partition coefficient (Wildman–Crippen LogP) is 5.38. The van der Waals surface area contributed by atoms with E-state index in [4.69, 9.17) is 9.47 Å². The van der Waals surface area contributed by atoms with Crippen LogP contribution in [-0.2, 0) is 16.0 Å². The first-order valence-corrected chi connectivity index (χ1v) is 10.4. The van der Waals surface area contributed by atoms with E-state index in [0.29, 0.717) is 31.0 Å². The highest BCUT2D eigenvalue weighted by atomic mass is 16.5. The van der Waals surface area contributed by atoms with Gasteiger partial charge in [-0.1, -0.05) is 63.8 Å². The standard InChI is InChI=1S/C23H32N2O3/c1-4-6-7-8-9-14-27-21-16-24-23(25-17-21)20-12-10-19(11-13-20)15-18(3)28-22(26)5-2/h10-13,16-18H,4-9,14-15H2,1-3H3. The fraction of sp³-hybridized carbons (Fsp3) is 0.522. The Bertz CT molecular complexity index is 699. The third kappa shape index (κ3) is 7.67. The molecule has 1 atom stereocenters. The molecule has 2 rings (SSSR count). The highest BCUT2D eigenvalue weighted by molar-refractivity contribution is 5.69. The highest BCUT2D eigenvalue weighted by Crippen LogP contribution is 2.18. The van der Waals surface area contributed by atoms with Crippen LogP contribution in [0.4, 0.5) is 0 Å². The topological polar surface area (TPSA) is 61.3 Å². The molecule has 2 aromatic rings. The molecule has 1 aromatic heterocycles. The van der Waals surface area contributed by atoms with Crippen LogP contribution in [0.5, 0.6) is 5.75 Å². The Hall–Kier alpha value is -2.43. The van der Waals surface area contributed by atoms with Gasteiger partial charge in [0.1, 0.15) is 6.10 Å². The SMILES string of the molecule is CCCCCCCOc1cnc(-c2ccc(CC(C)OC(=O)CC)cc2)nc1. The van der Waals surface area contributed by atoms with Gasteiger partial charge in [-0.05, 0) is 18.9 Å². The molecule has 0 N–H and O–H groups in total. The van der Waals surface area contributed by atoms with Crippen LogP contribution in [0.1, 0.15) is 64.9 Å². The second-order valence-electron chi connectivity index (χ2n) is 7.06. The summed E-state index contributed by atoms with van der Waals surface area (Å²) < 4.78 is 11.0. The first kappa shape index (κ1) is 21.9. The monoisotopic (exact) mass is 384 g/mol. The molecule has 0 saturated heterocycles. The maximum Gasteiger partial charge on any atom is 0.305 e. The van der Waals surface area contributed by atoms with E-state index in [1.54, 1.807) is 19.3 Å². The number of ether oxygens (including phenoxy) is 2. The minimum absolute atomic E-state index is 0.132. The molecular weight excluding hydrogens is 352 g/mol. The Labute approximate surface area is 168 Å². The summed E-state index contributed by atoms with van der Waals surface area (Å²) >= 11 is 0. The number of esters is 1. The normalized spacial score (nSPS) is 11.8. The molecule has 0 aliphatic rings. The number of nitrogens with zero attached hydrogens (tertiary/aromatic N) is 2. The average Bonchev–Trinajstić information content (AvgIpc) is 2.71. The van der Waals surface area contributed by atoms with Crippen molar-refractivity contribution in [2.45, 2.75) is 71.8 Å². The lowest BCUT2D eigenvalue weighted by atomic mass is 10.1. The van der Waals surface area contributed by atoms with E-state index in [1.165, 1.54) is 25.7 Å². The molecule has 0 aliphatic carbocycles. The summed E-state index contributed by atoms with van der Waals surface area (Å²) in [5.41, 5.74) is 2.07. The molecule has 5 nitrogen and oxygen atoms in total. The summed E-state index contributed by atoms with van der Waals surface area (Å²) in [6.07, 6.45) is 10.5. The van der Waals surface area contributed by atoms with Crippen LogP contribution < -0.4 is 4.74 Å². The Balaban J connectivity index is 1.82. The van der Waals surface area contributed by atoms with Crippen LogP contribution in [0.15, 0.2) is 36.7 Å². The minimum atomic E-state index is -0.166. The summed E-state index contributed by atoms with van der Waals surface area (Å²) in [5, 5.41) is 0. The highest BCUT2D eigenvalue weighted by Gasteiger charge is 2.09. The zero-order valence-corrected chi connectivity index (χ0v) is 17.3. The van der Waals surface area contributed by atoms with E-state index in [2.05, 4.69) is 16.9 Å². The number of rotatable bonds is 12. The van der Waals surface area contributed by atoms with Gasteiger partial charge in [0.15, 0.2) is 11.6 Å². The van der Waals surface area contributed by atoms with Crippen LogP contribution in [0.25, 0.3) is 11.4 Å². The molecule has 0 amide bonds. The quantitative estimate of drug-likeness (QED) is 0.363. The molecule has 0 aliphatic heterocycles. The molecule has 0 radical (unpaired) electrons. The fourth-order valence-electron chi connectivity index (χ4n) is 2.91. The van der Waals surface area contributed by atoms with Gasteiger partial charge in [-0.15, -0.1) is 0 Å². The minimum Gasteiger partial charge on any atom is -0.490 e. The van der Waals surface area contributed by atoms with E-state index < -0.39 is 0 Å². The second kappa shape index (κ2) is 12.1. The number of aromatic nitrogens is 2. The lowest BCUT2D eigenvalue weighted by molar-refractivity contribution is -0.147. The molecule has 0 spiro atoms. The molecule has 28 heavy (non-hydrogen) atoms. The van der Waals surface area contributed by atoms with Crippen molar-refractivity contribution in [3.05, 3.63) is 42.2 Å². The van der Waals surface area contributed by atoms with Crippen molar-refractivity contribution in [2.75, 3.05) is 6.61 Å². The zero-order chi connectivity index (χ0) is 20.2. The molecule has 1 aromatic carbocycles.